The number of carbonyl (C=O) groups is 2. The smallest absolute Gasteiger partial charge is 0.279 e. The van der Waals surface area contributed by atoms with E-state index < -0.39 is 0 Å². The van der Waals surface area contributed by atoms with Crippen LogP contribution in [-0.4, -0.2) is 24.9 Å². The Morgan fingerprint density at radius 3 is 2.30 bits per heavy atom. The summed E-state index contributed by atoms with van der Waals surface area (Å²) in [4.78, 5) is 24.6. The van der Waals surface area contributed by atoms with E-state index in [4.69, 9.17) is 0 Å². The van der Waals surface area contributed by atoms with Crippen molar-refractivity contribution in [2.75, 3.05) is 18.4 Å². The summed E-state index contributed by atoms with van der Waals surface area (Å²) in [7, 11) is 0. The topological polar surface area (TPSA) is 74.8 Å². The molecular formula is C25H28N3O2+. The number of hydrogen-bond acceptors (Lipinski definition) is 2. The fourth-order valence-electron chi connectivity index (χ4n) is 3.34. The molecule has 3 rings (SSSR count). The van der Waals surface area contributed by atoms with Gasteiger partial charge in [-0.2, -0.15) is 0 Å². The molecule has 5 heteroatoms. The minimum atomic E-state index is -0.149. The second kappa shape index (κ2) is 10.4. The molecule has 3 aromatic rings. The molecule has 0 fully saturated rings. The van der Waals surface area contributed by atoms with Crippen LogP contribution in [0.15, 0.2) is 78.9 Å². The van der Waals surface area contributed by atoms with Crippen molar-refractivity contribution in [2.45, 2.75) is 19.9 Å². The van der Waals surface area contributed by atoms with E-state index >= 15 is 0 Å². The van der Waals surface area contributed by atoms with E-state index in [1.807, 2.05) is 30.4 Å². The second-order valence-electron chi connectivity index (χ2n) is 7.23. The average molecular weight is 403 g/mol. The quantitative estimate of drug-likeness (QED) is 0.542. The van der Waals surface area contributed by atoms with E-state index in [0.717, 1.165) is 11.1 Å². The Kier molecular flexibility index (Phi) is 7.35. The zero-order valence-electron chi connectivity index (χ0n) is 17.4. The molecule has 1 atom stereocenters. The Labute approximate surface area is 177 Å². The number of benzene rings is 3. The van der Waals surface area contributed by atoms with Crippen molar-refractivity contribution in [3.63, 3.8) is 0 Å². The van der Waals surface area contributed by atoms with Gasteiger partial charge < -0.3 is 16.0 Å². The first kappa shape index (κ1) is 21.3. The van der Waals surface area contributed by atoms with E-state index in [1.54, 1.807) is 24.3 Å². The highest BCUT2D eigenvalue weighted by molar-refractivity contribution is 5.97. The molecule has 0 unspecified atom stereocenters. The Balaban J connectivity index is 1.68. The van der Waals surface area contributed by atoms with Crippen molar-refractivity contribution in [2.24, 2.45) is 0 Å². The van der Waals surface area contributed by atoms with Gasteiger partial charge in [-0.15, -0.1) is 0 Å². The number of anilines is 1. The van der Waals surface area contributed by atoms with Crippen LogP contribution in [-0.2, 0) is 4.79 Å². The van der Waals surface area contributed by atoms with E-state index in [2.05, 4.69) is 54.0 Å². The lowest BCUT2D eigenvalue weighted by Crippen LogP contribution is -2.87. The van der Waals surface area contributed by atoms with Crippen LogP contribution in [0.25, 0.3) is 0 Å². The van der Waals surface area contributed by atoms with Crippen molar-refractivity contribution in [3.05, 3.63) is 101 Å². The summed E-state index contributed by atoms with van der Waals surface area (Å²) in [6.07, 6.45) is 0. The highest BCUT2D eigenvalue weighted by Crippen LogP contribution is 2.18. The number of nitrogens with two attached hydrogens (primary N) is 1. The third kappa shape index (κ3) is 5.78. The minimum absolute atomic E-state index is 0.0271. The van der Waals surface area contributed by atoms with Crippen molar-refractivity contribution in [1.29, 1.82) is 0 Å². The number of rotatable bonds is 8. The van der Waals surface area contributed by atoms with E-state index in [1.165, 1.54) is 5.56 Å². The van der Waals surface area contributed by atoms with Gasteiger partial charge in [-0.05, 0) is 32.0 Å². The molecule has 0 saturated carbocycles. The Morgan fingerprint density at radius 2 is 1.60 bits per heavy atom. The molecule has 0 bridgehead atoms. The molecule has 0 radical (unpaired) electrons. The molecule has 2 amide bonds. The summed E-state index contributed by atoms with van der Waals surface area (Å²) in [6, 6.07) is 25.6. The number of nitrogens with one attached hydrogen (secondary N) is 2. The maximum atomic E-state index is 12.6. The molecule has 30 heavy (non-hydrogen) atoms. The first-order chi connectivity index (χ1) is 14.6. The van der Waals surface area contributed by atoms with E-state index in [0.29, 0.717) is 17.8 Å². The third-order valence-corrected chi connectivity index (χ3v) is 4.88. The Bertz CT molecular complexity index is 985. The summed E-state index contributed by atoms with van der Waals surface area (Å²) in [6.45, 7) is 4.76. The normalized spacial score (nSPS) is 11.5. The molecule has 154 valence electrons. The summed E-state index contributed by atoms with van der Waals surface area (Å²) in [5.74, 6) is -0.264. The number of carbonyl (C=O) groups excluding carboxylic acids is 2. The summed E-state index contributed by atoms with van der Waals surface area (Å²) >= 11 is 0. The average Bonchev–Trinajstić information content (AvgIpc) is 2.76. The number of amides is 2. The largest absolute Gasteiger partial charge is 0.352 e. The maximum absolute atomic E-state index is 12.6. The Morgan fingerprint density at radius 1 is 0.900 bits per heavy atom. The van der Waals surface area contributed by atoms with Crippen LogP contribution >= 0.6 is 0 Å². The van der Waals surface area contributed by atoms with Crippen LogP contribution in [0.5, 0.6) is 0 Å². The number of quaternary nitrogens is 1. The van der Waals surface area contributed by atoms with Gasteiger partial charge in [0.15, 0.2) is 6.54 Å². The fraction of sp³-hybridized carbons (Fsp3) is 0.200. The van der Waals surface area contributed by atoms with Gasteiger partial charge in [0.05, 0.1) is 0 Å². The van der Waals surface area contributed by atoms with Crippen LogP contribution in [0.3, 0.4) is 0 Å². The van der Waals surface area contributed by atoms with Gasteiger partial charge in [-0.25, -0.2) is 0 Å². The molecule has 0 aliphatic rings. The summed E-state index contributed by atoms with van der Waals surface area (Å²) in [5.41, 5.74) is 4.64. The van der Waals surface area contributed by atoms with Gasteiger partial charge in [0, 0.05) is 28.9 Å². The lowest BCUT2D eigenvalue weighted by atomic mass is 9.98. The van der Waals surface area contributed by atoms with E-state index in [-0.39, 0.29) is 24.4 Å². The van der Waals surface area contributed by atoms with Gasteiger partial charge in [0.2, 0.25) is 0 Å². The SMILES string of the molecule is CCNC(=O)c1cccc(NC(=O)C[NH2+][C@H](c2ccccc2)c2ccc(C)cc2)c1. The molecular weight excluding hydrogens is 374 g/mol. The second-order valence-corrected chi connectivity index (χ2v) is 7.23. The predicted molar refractivity (Wildman–Crippen MR) is 119 cm³/mol. The van der Waals surface area contributed by atoms with Crippen LogP contribution in [0.1, 0.15) is 40.0 Å². The van der Waals surface area contributed by atoms with Crippen molar-refractivity contribution in [1.82, 2.24) is 5.32 Å². The summed E-state index contributed by atoms with van der Waals surface area (Å²) < 4.78 is 0. The number of hydrogen-bond donors (Lipinski definition) is 3. The molecule has 0 saturated heterocycles. The molecule has 5 nitrogen and oxygen atoms in total. The van der Waals surface area contributed by atoms with Crippen LogP contribution in [0.4, 0.5) is 5.69 Å². The molecule has 4 N–H and O–H groups in total. The van der Waals surface area contributed by atoms with Gasteiger partial charge >= 0.3 is 0 Å². The standard InChI is InChI=1S/C25H27N3O2/c1-3-26-25(30)21-10-7-11-22(16-21)28-23(29)17-27-24(19-8-5-4-6-9-19)20-14-12-18(2)13-15-20/h4-16,24,27H,3,17H2,1-2H3,(H,26,30)(H,28,29)/p+1/t24-/m1/s1. The van der Waals surface area contributed by atoms with Gasteiger partial charge in [0.1, 0.15) is 6.04 Å². The van der Waals surface area contributed by atoms with Crippen molar-refractivity contribution in [3.8, 4) is 0 Å². The highest BCUT2D eigenvalue weighted by Gasteiger charge is 2.19. The Hall–Kier alpha value is -3.44. The number of aryl methyl sites for hydroxylation is 1. The first-order valence-corrected chi connectivity index (χ1v) is 10.2. The molecule has 3 aromatic carbocycles. The van der Waals surface area contributed by atoms with E-state index in [9.17, 15) is 9.59 Å². The monoisotopic (exact) mass is 402 g/mol. The van der Waals surface area contributed by atoms with Crippen molar-refractivity contribution >= 4 is 17.5 Å². The zero-order valence-corrected chi connectivity index (χ0v) is 17.4. The third-order valence-electron chi connectivity index (χ3n) is 4.88. The van der Waals surface area contributed by atoms with Gasteiger partial charge in [-0.3, -0.25) is 9.59 Å². The molecule has 0 aromatic heterocycles. The van der Waals surface area contributed by atoms with Crippen LogP contribution in [0, 0.1) is 6.92 Å². The molecule has 0 spiro atoms. The summed E-state index contributed by atoms with van der Waals surface area (Å²) in [5, 5.41) is 7.69. The molecule has 0 aliphatic carbocycles. The van der Waals surface area contributed by atoms with Crippen LogP contribution in [0.2, 0.25) is 0 Å². The van der Waals surface area contributed by atoms with Crippen LogP contribution < -0.4 is 16.0 Å². The lowest BCUT2D eigenvalue weighted by molar-refractivity contribution is -0.676. The molecule has 0 aliphatic heterocycles. The van der Waals surface area contributed by atoms with Crippen molar-refractivity contribution < 1.29 is 14.9 Å². The minimum Gasteiger partial charge on any atom is -0.352 e. The van der Waals surface area contributed by atoms with Gasteiger partial charge in [-0.1, -0.05) is 66.2 Å². The predicted octanol–water partition coefficient (Wildman–Crippen LogP) is 3.04. The molecule has 0 heterocycles. The highest BCUT2D eigenvalue weighted by atomic mass is 16.2. The maximum Gasteiger partial charge on any atom is 0.279 e. The fourth-order valence-corrected chi connectivity index (χ4v) is 3.34. The van der Waals surface area contributed by atoms with Gasteiger partial charge in [0.25, 0.3) is 11.8 Å². The lowest BCUT2D eigenvalue weighted by Gasteiger charge is -2.17. The zero-order chi connectivity index (χ0) is 21.3. The first-order valence-electron chi connectivity index (χ1n) is 10.2.